The number of furan rings is 1. The number of benzene rings is 3. The Kier molecular flexibility index (Phi) is 7.04. The standard InChI is InChI=1S/C32H34N2O3/c1-5-36-30-20-31-27(28(21-37-31)25-9-7-6-8-10-25)19-26(30)24(4)18-32(35)34-15-13-33(14-16-34)29-17-22(2)11-12-23(29)3/h6-12,17-21H,5,13-16H2,1-4H3/b24-18+. The molecule has 1 aliphatic heterocycles. The molecule has 5 nitrogen and oxygen atoms in total. The molecule has 2 heterocycles. The molecule has 3 aromatic carbocycles. The summed E-state index contributed by atoms with van der Waals surface area (Å²) in [4.78, 5) is 17.6. The van der Waals surface area contributed by atoms with Gasteiger partial charge in [0.1, 0.15) is 11.3 Å². The van der Waals surface area contributed by atoms with Gasteiger partial charge in [-0.05, 0) is 62.1 Å². The highest BCUT2D eigenvalue weighted by molar-refractivity contribution is 6.00. The molecule has 1 fully saturated rings. The summed E-state index contributed by atoms with van der Waals surface area (Å²) in [5.74, 6) is 0.765. The first-order valence-corrected chi connectivity index (χ1v) is 13.0. The van der Waals surface area contributed by atoms with Gasteiger partial charge in [-0.2, -0.15) is 0 Å². The van der Waals surface area contributed by atoms with Crippen molar-refractivity contribution < 1.29 is 13.9 Å². The van der Waals surface area contributed by atoms with Crippen molar-refractivity contribution in [3.8, 4) is 16.9 Å². The number of rotatable bonds is 6. The summed E-state index contributed by atoms with van der Waals surface area (Å²) in [6.45, 7) is 11.8. The molecule has 1 saturated heterocycles. The van der Waals surface area contributed by atoms with Crippen LogP contribution >= 0.6 is 0 Å². The van der Waals surface area contributed by atoms with Crippen LogP contribution < -0.4 is 9.64 Å². The third-order valence-corrected chi connectivity index (χ3v) is 7.12. The van der Waals surface area contributed by atoms with Gasteiger partial charge in [-0.15, -0.1) is 0 Å². The van der Waals surface area contributed by atoms with Crippen molar-refractivity contribution in [1.29, 1.82) is 0 Å². The van der Waals surface area contributed by atoms with Crippen LogP contribution in [0.3, 0.4) is 0 Å². The Hall–Kier alpha value is -3.99. The van der Waals surface area contributed by atoms with Gasteiger partial charge in [0.25, 0.3) is 0 Å². The molecular weight excluding hydrogens is 460 g/mol. The molecular formula is C32H34N2O3. The molecule has 0 saturated carbocycles. The fraction of sp³-hybridized carbons (Fsp3) is 0.281. The highest BCUT2D eigenvalue weighted by Gasteiger charge is 2.22. The summed E-state index contributed by atoms with van der Waals surface area (Å²) in [7, 11) is 0. The van der Waals surface area contributed by atoms with Crippen LogP contribution in [0, 0.1) is 13.8 Å². The number of allylic oxidation sites excluding steroid dienone is 1. The lowest BCUT2D eigenvalue weighted by Gasteiger charge is -2.36. The number of piperazine rings is 1. The van der Waals surface area contributed by atoms with Crippen molar-refractivity contribution in [3.05, 3.63) is 89.7 Å². The lowest BCUT2D eigenvalue weighted by Crippen LogP contribution is -2.48. The topological polar surface area (TPSA) is 45.9 Å². The van der Waals surface area contributed by atoms with Crippen molar-refractivity contribution in [2.75, 3.05) is 37.7 Å². The van der Waals surface area contributed by atoms with E-state index in [-0.39, 0.29) is 5.91 Å². The van der Waals surface area contributed by atoms with Crippen LogP contribution in [-0.4, -0.2) is 43.6 Å². The first-order valence-electron chi connectivity index (χ1n) is 13.0. The van der Waals surface area contributed by atoms with Crippen molar-refractivity contribution >= 4 is 28.1 Å². The van der Waals surface area contributed by atoms with Crippen LogP contribution in [-0.2, 0) is 4.79 Å². The third-order valence-electron chi connectivity index (χ3n) is 7.12. The number of hydrogen-bond acceptors (Lipinski definition) is 4. The van der Waals surface area contributed by atoms with Crippen molar-refractivity contribution in [3.63, 3.8) is 0 Å². The summed E-state index contributed by atoms with van der Waals surface area (Å²) in [6, 6.07) is 20.8. The van der Waals surface area contributed by atoms with Crippen molar-refractivity contribution in [1.82, 2.24) is 4.90 Å². The summed E-state index contributed by atoms with van der Waals surface area (Å²) in [5.41, 5.74) is 8.48. The van der Waals surface area contributed by atoms with Crippen LogP contribution in [0.25, 0.3) is 27.7 Å². The molecule has 37 heavy (non-hydrogen) atoms. The van der Waals surface area contributed by atoms with Gasteiger partial charge in [-0.3, -0.25) is 4.79 Å². The quantitative estimate of drug-likeness (QED) is 0.275. The van der Waals surface area contributed by atoms with Gasteiger partial charge in [0, 0.05) is 60.5 Å². The smallest absolute Gasteiger partial charge is 0.246 e. The number of ether oxygens (including phenoxy) is 1. The number of carbonyl (C=O) groups is 1. The minimum atomic E-state index is 0.0381. The molecule has 1 aliphatic rings. The lowest BCUT2D eigenvalue weighted by molar-refractivity contribution is -0.126. The maximum absolute atomic E-state index is 13.3. The fourth-order valence-electron chi connectivity index (χ4n) is 5.06. The van der Waals surface area contributed by atoms with Crippen molar-refractivity contribution in [2.45, 2.75) is 27.7 Å². The summed E-state index contributed by atoms with van der Waals surface area (Å²) in [5, 5.41) is 1.01. The highest BCUT2D eigenvalue weighted by atomic mass is 16.5. The first-order chi connectivity index (χ1) is 17.9. The molecule has 0 N–H and O–H groups in total. The first kappa shape index (κ1) is 24.7. The average Bonchev–Trinajstić information content (AvgIpc) is 3.33. The van der Waals surface area contributed by atoms with E-state index < -0.39 is 0 Å². The van der Waals surface area contributed by atoms with Crippen molar-refractivity contribution in [2.24, 2.45) is 0 Å². The zero-order chi connectivity index (χ0) is 25.9. The van der Waals surface area contributed by atoms with E-state index in [0.29, 0.717) is 19.7 Å². The second kappa shape index (κ2) is 10.6. The average molecular weight is 495 g/mol. The van der Waals surface area contributed by atoms with Crippen LogP contribution in [0.15, 0.2) is 77.4 Å². The second-order valence-corrected chi connectivity index (χ2v) is 9.72. The van der Waals surface area contributed by atoms with Gasteiger partial charge in [0.05, 0.1) is 12.9 Å². The SMILES string of the molecule is CCOc1cc2occ(-c3ccccc3)c2cc1/C(C)=C/C(=O)N1CCN(c2cc(C)ccc2C)CC1. The molecule has 1 amide bonds. The maximum Gasteiger partial charge on any atom is 0.246 e. The molecule has 0 aliphatic carbocycles. The minimum absolute atomic E-state index is 0.0381. The third kappa shape index (κ3) is 5.12. The number of nitrogens with zero attached hydrogens (tertiary/aromatic N) is 2. The number of amides is 1. The lowest BCUT2D eigenvalue weighted by atomic mass is 9.99. The van der Waals surface area contributed by atoms with Crippen LogP contribution in [0.5, 0.6) is 5.75 Å². The van der Waals surface area contributed by atoms with E-state index in [1.807, 2.05) is 43.0 Å². The number of anilines is 1. The van der Waals surface area contributed by atoms with E-state index in [0.717, 1.165) is 52.1 Å². The summed E-state index contributed by atoms with van der Waals surface area (Å²) >= 11 is 0. The molecule has 0 unspecified atom stereocenters. The van der Waals surface area contributed by atoms with Gasteiger partial charge in [0.2, 0.25) is 5.91 Å². The molecule has 0 spiro atoms. The molecule has 0 bridgehead atoms. The number of hydrogen-bond donors (Lipinski definition) is 0. The Morgan fingerprint density at radius 2 is 1.76 bits per heavy atom. The van der Waals surface area contributed by atoms with E-state index in [9.17, 15) is 4.79 Å². The van der Waals surface area contributed by atoms with Crippen LogP contribution in [0.4, 0.5) is 5.69 Å². The molecule has 0 atom stereocenters. The zero-order valence-corrected chi connectivity index (χ0v) is 22.1. The van der Waals surface area contributed by atoms with Gasteiger partial charge in [-0.25, -0.2) is 0 Å². The summed E-state index contributed by atoms with van der Waals surface area (Å²) < 4.78 is 11.8. The Labute approximate surface area is 219 Å². The largest absolute Gasteiger partial charge is 0.493 e. The monoisotopic (exact) mass is 494 g/mol. The molecule has 4 aromatic rings. The van der Waals surface area contributed by atoms with Gasteiger partial charge in [-0.1, -0.05) is 42.5 Å². The molecule has 5 rings (SSSR count). The predicted octanol–water partition coefficient (Wildman–Crippen LogP) is 6.87. The number of carbonyl (C=O) groups excluding carboxylic acids is 1. The summed E-state index contributed by atoms with van der Waals surface area (Å²) in [6.07, 6.45) is 3.54. The number of aryl methyl sites for hydroxylation is 2. The Bertz CT molecular complexity index is 1440. The van der Waals surface area contributed by atoms with E-state index in [4.69, 9.17) is 9.15 Å². The van der Waals surface area contributed by atoms with Gasteiger partial charge in [0.15, 0.2) is 0 Å². The highest BCUT2D eigenvalue weighted by Crippen LogP contribution is 2.37. The van der Waals surface area contributed by atoms with Crippen LogP contribution in [0.2, 0.25) is 0 Å². The van der Waals surface area contributed by atoms with Crippen LogP contribution in [0.1, 0.15) is 30.5 Å². The second-order valence-electron chi connectivity index (χ2n) is 9.72. The van der Waals surface area contributed by atoms with E-state index >= 15 is 0 Å². The molecule has 5 heteroatoms. The maximum atomic E-state index is 13.3. The normalized spacial score (nSPS) is 14.3. The fourth-order valence-corrected chi connectivity index (χ4v) is 5.06. The van der Waals surface area contributed by atoms with E-state index in [1.165, 1.54) is 16.8 Å². The molecule has 0 radical (unpaired) electrons. The Morgan fingerprint density at radius 3 is 2.49 bits per heavy atom. The van der Waals surface area contributed by atoms with E-state index in [2.05, 4.69) is 55.1 Å². The van der Waals surface area contributed by atoms with Gasteiger partial charge >= 0.3 is 0 Å². The zero-order valence-electron chi connectivity index (χ0n) is 22.1. The molecule has 190 valence electrons. The van der Waals surface area contributed by atoms with E-state index in [1.54, 1.807) is 12.3 Å². The predicted molar refractivity (Wildman–Crippen MR) is 151 cm³/mol. The Morgan fingerprint density at radius 1 is 1.00 bits per heavy atom. The van der Waals surface area contributed by atoms with Gasteiger partial charge < -0.3 is 19.0 Å². The Balaban J connectivity index is 1.38. The minimum Gasteiger partial charge on any atom is -0.493 e. The molecule has 1 aromatic heterocycles. The number of fused-ring (bicyclic) bond motifs is 1.